The molecule has 0 aromatic heterocycles. The first kappa shape index (κ1) is 21.7. The molecule has 2 amide bonds. The molecule has 168 valence electrons. The van der Waals surface area contributed by atoms with Gasteiger partial charge in [0, 0.05) is 0 Å². The zero-order valence-corrected chi connectivity index (χ0v) is 19.9. The largest absolute Gasteiger partial charge is 0.496 e. The van der Waals surface area contributed by atoms with Crippen LogP contribution in [0.25, 0.3) is 0 Å². The predicted octanol–water partition coefficient (Wildman–Crippen LogP) is 5.07. The van der Waals surface area contributed by atoms with Gasteiger partial charge in [-0.1, -0.05) is 43.3 Å². The first-order chi connectivity index (χ1) is 16.0. The summed E-state index contributed by atoms with van der Waals surface area (Å²) in [7, 11) is 1.60. The molecular weight excluding hydrogens is 484 g/mol. The van der Waals surface area contributed by atoms with Crippen molar-refractivity contribution in [3.05, 3.63) is 88.4 Å². The van der Waals surface area contributed by atoms with Gasteiger partial charge in [-0.15, -0.1) is 0 Å². The fourth-order valence-electron chi connectivity index (χ4n) is 4.55. The van der Waals surface area contributed by atoms with E-state index in [4.69, 9.17) is 9.57 Å². The van der Waals surface area contributed by atoms with E-state index in [0.717, 1.165) is 27.7 Å². The lowest BCUT2D eigenvalue weighted by atomic mass is 9.90. The number of ether oxygens (including phenoxy) is 1. The number of fused-ring (bicyclic) bond motifs is 1. The molecular formula is C26H23BrN2O4. The first-order valence-corrected chi connectivity index (χ1v) is 11.6. The van der Waals surface area contributed by atoms with E-state index in [1.807, 2.05) is 72.8 Å². The summed E-state index contributed by atoms with van der Waals surface area (Å²) < 4.78 is 6.14. The second kappa shape index (κ2) is 8.65. The van der Waals surface area contributed by atoms with Gasteiger partial charge < -0.3 is 4.74 Å². The highest BCUT2D eigenvalue weighted by Gasteiger charge is 2.60. The summed E-state index contributed by atoms with van der Waals surface area (Å²) >= 11 is 3.55. The van der Waals surface area contributed by atoms with Gasteiger partial charge in [0.2, 0.25) is 5.91 Å². The normalized spacial score (nSPS) is 22.1. The van der Waals surface area contributed by atoms with Crippen LogP contribution in [0, 0.1) is 5.92 Å². The molecule has 0 radical (unpaired) electrons. The monoisotopic (exact) mass is 506 g/mol. The average Bonchev–Trinajstić information content (AvgIpc) is 3.35. The van der Waals surface area contributed by atoms with Crippen LogP contribution in [0.5, 0.6) is 5.75 Å². The number of hydroxylamine groups is 1. The molecule has 0 saturated carbocycles. The van der Waals surface area contributed by atoms with E-state index in [1.54, 1.807) is 12.2 Å². The van der Waals surface area contributed by atoms with Gasteiger partial charge >= 0.3 is 0 Å². The molecule has 33 heavy (non-hydrogen) atoms. The molecule has 3 unspecified atom stereocenters. The number of imide groups is 1. The van der Waals surface area contributed by atoms with E-state index < -0.39 is 18.1 Å². The Kier molecular flexibility index (Phi) is 5.68. The summed E-state index contributed by atoms with van der Waals surface area (Å²) in [4.78, 5) is 34.5. The van der Waals surface area contributed by atoms with Gasteiger partial charge in [-0.25, -0.2) is 9.96 Å². The molecule has 2 heterocycles. The number of methoxy groups -OCH3 is 1. The number of benzene rings is 3. The van der Waals surface area contributed by atoms with E-state index in [-0.39, 0.29) is 11.8 Å². The summed E-state index contributed by atoms with van der Waals surface area (Å²) in [5, 5.41) is 1.69. The van der Waals surface area contributed by atoms with Crippen molar-refractivity contribution in [3.63, 3.8) is 0 Å². The molecule has 0 spiro atoms. The Bertz CT molecular complexity index is 1200. The maximum Gasteiger partial charge on any atom is 0.266 e. The molecule has 5 rings (SSSR count). The number of rotatable bonds is 5. The van der Waals surface area contributed by atoms with Crippen molar-refractivity contribution in [1.29, 1.82) is 0 Å². The van der Waals surface area contributed by atoms with Gasteiger partial charge in [0.25, 0.3) is 5.91 Å². The van der Waals surface area contributed by atoms with Gasteiger partial charge in [-0.05, 0) is 69.9 Å². The molecule has 2 aliphatic heterocycles. The molecule has 2 aliphatic rings. The maximum atomic E-state index is 13.7. The Morgan fingerprint density at radius 2 is 1.67 bits per heavy atom. The van der Waals surface area contributed by atoms with Crippen LogP contribution in [0.1, 0.15) is 24.1 Å². The minimum Gasteiger partial charge on any atom is -0.496 e. The molecule has 2 fully saturated rings. The van der Waals surface area contributed by atoms with Gasteiger partial charge in [-0.3, -0.25) is 14.4 Å². The first-order valence-electron chi connectivity index (χ1n) is 10.8. The average molecular weight is 507 g/mol. The number of carbonyl (C=O) groups excluding carboxylic acids is 2. The van der Waals surface area contributed by atoms with Crippen LogP contribution in [0.3, 0.4) is 0 Å². The van der Waals surface area contributed by atoms with E-state index in [0.29, 0.717) is 11.4 Å². The highest BCUT2D eigenvalue weighted by molar-refractivity contribution is 9.10. The lowest BCUT2D eigenvalue weighted by Crippen LogP contribution is -2.37. The van der Waals surface area contributed by atoms with Crippen LogP contribution in [0.2, 0.25) is 0 Å². The van der Waals surface area contributed by atoms with Crippen LogP contribution in [-0.2, 0) is 20.8 Å². The highest BCUT2D eigenvalue weighted by Crippen LogP contribution is 2.48. The third-order valence-corrected chi connectivity index (χ3v) is 6.87. The van der Waals surface area contributed by atoms with Crippen molar-refractivity contribution in [2.75, 3.05) is 17.1 Å². The van der Waals surface area contributed by atoms with Gasteiger partial charge in [0.05, 0.1) is 29.0 Å². The number of para-hydroxylation sites is 1. The zero-order valence-electron chi connectivity index (χ0n) is 18.3. The van der Waals surface area contributed by atoms with E-state index in [9.17, 15) is 9.59 Å². The molecule has 3 atom stereocenters. The Labute approximate surface area is 200 Å². The Morgan fingerprint density at radius 1 is 0.939 bits per heavy atom. The quantitative estimate of drug-likeness (QED) is 0.452. The third kappa shape index (κ3) is 3.61. The van der Waals surface area contributed by atoms with Crippen molar-refractivity contribution in [3.8, 4) is 5.75 Å². The summed E-state index contributed by atoms with van der Waals surface area (Å²) in [6.45, 7) is 2.06. The number of amides is 2. The molecule has 3 aromatic carbocycles. The topological polar surface area (TPSA) is 59.1 Å². The molecule has 2 saturated heterocycles. The van der Waals surface area contributed by atoms with Crippen LogP contribution in [-0.4, -0.2) is 25.0 Å². The lowest BCUT2D eigenvalue weighted by molar-refractivity contribution is -0.126. The number of aryl methyl sites for hydroxylation is 1. The van der Waals surface area contributed by atoms with Crippen LogP contribution in [0.4, 0.5) is 11.4 Å². The number of carbonyl (C=O) groups is 2. The number of halogens is 1. The Hall–Kier alpha value is -3.16. The molecule has 6 nitrogen and oxygen atoms in total. The minimum absolute atomic E-state index is 0.260. The fourth-order valence-corrected chi connectivity index (χ4v) is 5.11. The number of nitrogens with zero attached hydrogens (tertiary/aromatic N) is 2. The predicted molar refractivity (Wildman–Crippen MR) is 129 cm³/mol. The van der Waals surface area contributed by atoms with Crippen molar-refractivity contribution in [2.45, 2.75) is 25.5 Å². The molecule has 0 aliphatic carbocycles. The second-order valence-electron chi connectivity index (χ2n) is 8.08. The van der Waals surface area contributed by atoms with Crippen molar-refractivity contribution < 1.29 is 19.2 Å². The molecule has 0 N–H and O–H groups in total. The Morgan fingerprint density at radius 3 is 2.30 bits per heavy atom. The van der Waals surface area contributed by atoms with Gasteiger partial charge in [0.1, 0.15) is 11.7 Å². The molecule has 3 aromatic rings. The summed E-state index contributed by atoms with van der Waals surface area (Å²) in [6.07, 6.45) is -0.00814. The lowest BCUT2D eigenvalue weighted by Gasteiger charge is -2.29. The van der Waals surface area contributed by atoms with Gasteiger partial charge in [-0.2, -0.15) is 0 Å². The van der Waals surface area contributed by atoms with Crippen LogP contribution in [0.15, 0.2) is 77.3 Å². The number of hydrogen-bond acceptors (Lipinski definition) is 5. The van der Waals surface area contributed by atoms with E-state index in [2.05, 4.69) is 22.9 Å². The van der Waals surface area contributed by atoms with Crippen molar-refractivity contribution in [2.24, 2.45) is 5.92 Å². The summed E-state index contributed by atoms with van der Waals surface area (Å²) in [6, 6.07) is 22.3. The highest BCUT2D eigenvalue weighted by atomic mass is 79.9. The second-order valence-corrected chi connectivity index (χ2v) is 8.94. The SMILES string of the molecule is CCc1ccc(N2C(=O)C3ON(c4ccccc4)C(c4ccc(OC)c(Br)c4)C3C2=O)cc1. The third-order valence-electron chi connectivity index (χ3n) is 6.25. The maximum absolute atomic E-state index is 13.7. The Balaban J connectivity index is 1.57. The number of anilines is 2. The van der Waals surface area contributed by atoms with Crippen molar-refractivity contribution >= 4 is 39.1 Å². The smallest absolute Gasteiger partial charge is 0.266 e. The van der Waals surface area contributed by atoms with E-state index in [1.165, 1.54) is 4.90 Å². The summed E-state index contributed by atoms with van der Waals surface area (Å²) in [5.41, 5.74) is 3.35. The number of hydrogen-bond donors (Lipinski definition) is 0. The fraction of sp³-hybridized carbons (Fsp3) is 0.231. The minimum atomic E-state index is -0.894. The summed E-state index contributed by atoms with van der Waals surface area (Å²) in [5.74, 6) is -0.592. The van der Waals surface area contributed by atoms with Crippen LogP contribution >= 0.6 is 15.9 Å². The van der Waals surface area contributed by atoms with Crippen LogP contribution < -0.4 is 14.7 Å². The van der Waals surface area contributed by atoms with E-state index >= 15 is 0 Å². The molecule has 0 bridgehead atoms. The molecule has 7 heteroatoms. The zero-order chi connectivity index (χ0) is 23.1. The van der Waals surface area contributed by atoms with Gasteiger partial charge in [0.15, 0.2) is 6.10 Å². The standard InChI is InChI=1S/C26H23BrN2O4/c1-3-16-9-12-18(13-10-16)28-25(30)22-23(17-11-14-21(32-2)20(27)15-17)29(33-24(22)26(28)31)19-7-5-4-6-8-19/h4-15,22-24H,3H2,1-2H3. The van der Waals surface area contributed by atoms with Crippen molar-refractivity contribution in [1.82, 2.24) is 0 Å².